The maximum absolute atomic E-state index is 14.2. The smallest absolute Gasteiger partial charge is 0.302 e. The molecule has 0 unspecified atom stereocenters. The highest BCUT2D eigenvalue weighted by Gasteiger charge is 2.31. The number of hydrogen-bond acceptors (Lipinski definition) is 7. The van der Waals surface area contributed by atoms with Crippen molar-refractivity contribution in [1.29, 1.82) is 0 Å². The minimum atomic E-state index is -4.67. The quantitative estimate of drug-likeness (QED) is 0.432. The zero-order valence-electron chi connectivity index (χ0n) is 15.9. The number of halogens is 4. The first kappa shape index (κ1) is 21.8. The number of benzene rings is 1. The summed E-state index contributed by atoms with van der Waals surface area (Å²) in [7, 11) is 1.29. The van der Waals surface area contributed by atoms with Gasteiger partial charge in [-0.1, -0.05) is 0 Å². The van der Waals surface area contributed by atoms with E-state index in [9.17, 15) is 31.9 Å². The molecule has 3 heterocycles. The van der Waals surface area contributed by atoms with Gasteiger partial charge >= 0.3 is 11.9 Å². The molecule has 3 aromatic heterocycles. The fraction of sp³-hybridized carbons (Fsp3) is 0.167. The lowest BCUT2D eigenvalue weighted by molar-refractivity contribution is -0.137. The molecule has 0 saturated carbocycles. The lowest BCUT2D eigenvalue weighted by atomic mass is 10.1. The van der Waals surface area contributed by atoms with E-state index >= 15 is 0 Å². The first-order valence-electron chi connectivity index (χ1n) is 8.74. The Balaban J connectivity index is 1.53. The van der Waals surface area contributed by atoms with Crippen LogP contribution in [0.3, 0.4) is 0 Å². The maximum Gasteiger partial charge on any atom is 0.416 e. The fourth-order valence-corrected chi connectivity index (χ4v) is 4.37. The summed E-state index contributed by atoms with van der Waals surface area (Å²) in [6.45, 7) is 0. The van der Waals surface area contributed by atoms with Crippen molar-refractivity contribution in [3.05, 3.63) is 61.5 Å². The third-order valence-electron chi connectivity index (χ3n) is 4.46. The summed E-state index contributed by atoms with van der Waals surface area (Å²) in [6, 6.07) is 2.09. The number of aromatic amines is 1. The van der Waals surface area contributed by atoms with E-state index in [2.05, 4.69) is 19.7 Å². The summed E-state index contributed by atoms with van der Waals surface area (Å²) in [5, 5.41) is 4.09. The van der Waals surface area contributed by atoms with Gasteiger partial charge in [0.25, 0.3) is 5.56 Å². The topological polar surface area (TPSA) is 110 Å². The van der Waals surface area contributed by atoms with Crippen molar-refractivity contribution >= 4 is 44.1 Å². The van der Waals surface area contributed by atoms with Crippen molar-refractivity contribution in [1.82, 2.24) is 18.9 Å². The average molecular weight is 485 g/mol. The first-order chi connectivity index (χ1) is 15.0. The molecule has 0 spiro atoms. The Hall–Kier alpha value is -3.39. The monoisotopic (exact) mass is 485 g/mol. The van der Waals surface area contributed by atoms with Crippen molar-refractivity contribution in [2.45, 2.75) is 12.6 Å². The van der Waals surface area contributed by atoms with Gasteiger partial charge in [0.2, 0.25) is 5.91 Å². The Morgan fingerprint density at radius 3 is 2.72 bits per heavy atom. The van der Waals surface area contributed by atoms with E-state index < -0.39 is 34.7 Å². The van der Waals surface area contributed by atoms with E-state index in [1.165, 1.54) is 12.4 Å². The van der Waals surface area contributed by atoms with Crippen LogP contribution in [0.4, 0.5) is 22.7 Å². The molecule has 4 aromatic rings. The number of carbonyl (C=O) groups excluding carboxylic acids is 1. The summed E-state index contributed by atoms with van der Waals surface area (Å²) in [4.78, 5) is 43.1. The molecule has 8 nitrogen and oxygen atoms in total. The van der Waals surface area contributed by atoms with Crippen LogP contribution in [0.15, 0.2) is 33.2 Å². The molecule has 166 valence electrons. The summed E-state index contributed by atoms with van der Waals surface area (Å²) < 4.78 is 57.2. The minimum absolute atomic E-state index is 0.0575. The Bertz CT molecular complexity index is 1470. The van der Waals surface area contributed by atoms with Crippen LogP contribution in [0, 0.1) is 5.82 Å². The van der Waals surface area contributed by atoms with Crippen molar-refractivity contribution < 1.29 is 22.4 Å². The van der Waals surface area contributed by atoms with E-state index in [0.717, 1.165) is 39.6 Å². The van der Waals surface area contributed by atoms with Gasteiger partial charge in [0, 0.05) is 18.0 Å². The van der Waals surface area contributed by atoms with Gasteiger partial charge in [-0.2, -0.15) is 17.5 Å². The molecule has 0 bridgehead atoms. The molecule has 0 aliphatic carbocycles. The Morgan fingerprint density at radius 2 is 2.03 bits per heavy atom. The number of H-pyrrole nitrogens is 1. The number of thiazole rings is 1. The Kier molecular flexibility index (Phi) is 5.42. The molecule has 2 N–H and O–H groups in total. The summed E-state index contributed by atoms with van der Waals surface area (Å²) in [5.41, 5.74) is -2.23. The second-order valence-corrected chi connectivity index (χ2v) is 8.21. The standard InChI is InChI=1S/C18H11F4N5O3S2/c1-27-15(29)13-10(26-32-14(13)25-17(27)30)5-12(28)24-16-23-11(6-31-16)8-3-2-7(4-9(8)19)18(20,21)22/h2-4,6H,5H2,1H3,(H,25,30)(H,23,24,28). The molecular formula is C18H11F4N5O3S2. The van der Waals surface area contributed by atoms with E-state index in [1.807, 2.05) is 0 Å². The molecule has 0 fully saturated rings. The van der Waals surface area contributed by atoms with Gasteiger partial charge in [-0.15, -0.1) is 11.3 Å². The third kappa shape index (κ3) is 4.05. The summed E-state index contributed by atoms with van der Waals surface area (Å²) in [6.07, 6.45) is -4.96. The highest BCUT2D eigenvalue weighted by Crippen LogP contribution is 2.33. The van der Waals surface area contributed by atoms with E-state index in [4.69, 9.17) is 0 Å². The number of aromatic nitrogens is 4. The molecule has 14 heteroatoms. The highest BCUT2D eigenvalue weighted by atomic mass is 32.1. The van der Waals surface area contributed by atoms with Gasteiger partial charge in [-0.3, -0.25) is 19.1 Å². The number of carbonyl (C=O) groups is 1. The van der Waals surface area contributed by atoms with Crippen LogP contribution in [0.25, 0.3) is 21.5 Å². The van der Waals surface area contributed by atoms with Crippen molar-refractivity contribution in [3.8, 4) is 11.3 Å². The molecule has 0 aliphatic rings. The number of rotatable bonds is 4. The van der Waals surface area contributed by atoms with Crippen LogP contribution >= 0.6 is 22.9 Å². The normalized spacial score (nSPS) is 11.8. The van der Waals surface area contributed by atoms with Gasteiger partial charge in [0.05, 0.1) is 28.8 Å². The van der Waals surface area contributed by atoms with Gasteiger partial charge in [0.15, 0.2) is 5.13 Å². The number of nitrogens with one attached hydrogen (secondary N) is 2. The van der Waals surface area contributed by atoms with Crippen LogP contribution in [0.2, 0.25) is 0 Å². The largest absolute Gasteiger partial charge is 0.416 e. The predicted octanol–water partition coefficient (Wildman–Crippen LogP) is 3.15. The highest BCUT2D eigenvalue weighted by molar-refractivity contribution is 7.14. The van der Waals surface area contributed by atoms with Gasteiger partial charge in [-0.05, 0) is 29.7 Å². The van der Waals surface area contributed by atoms with E-state index in [1.54, 1.807) is 0 Å². The van der Waals surface area contributed by atoms with Crippen molar-refractivity contribution in [2.75, 3.05) is 5.32 Å². The lowest BCUT2D eigenvalue weighted by Gasteiger charge is -2.08. The fourth-order valence-electron chi connectivity index (χ4n) is 2.86. The number of hydrogen-bond donors (Lipinski definition) is 2. The SMILES string of the molecule is Cn1c(=O)[nH]c2snc(CC(=O)Nc3nc(-c4ccc(C(F)(F)F)cc4F)cs3)c2c1=O. The van der Waals surface area contributed by atoms with Crippen molar-refractivity contribution in [3.63, 3.8) is 0 Å². The minimum Gasteiger partial charge on any atom is -0.302 e. The second kappa shape index (κ2) is 7.94. The molecule has 0 saturated heterocycles. The van der Waals surface area contributed by atoms with Crippen LogP contribution < -0.4 is 16.6 Å². The van der Waals surface area contributed by atoms with Crippen LogP contribution in [0.1, 0.15) is 11.3 Å². The molecular weight excluding hydrogens is 474 g/mol. The second-order valence-electron chi connectivity index (χ2n) is 6.58. The molecule has 0 radical (unpaired) electrons. The zero-order chi connectivity index (χ0) is 23.2. The molecule has 1 amide bonds. The molecule has 32 heavy (non-hydrogen) atoms. The number of anilines is 1. The van der Waals surface area contributed by atoms with E-state index in [0.29, 0.717) is 6.07 Å². The lowest BCUT2D eigenvalue weighted by Crippen LogP contribution is -2.32. The van der Waals surface area contributed by atoms with Crippen LogP contribution in [-0.4, -0.2) is 24.8 Å². The van der Waals surface area contributed by atoms with Gasteiger partial charge in [-0.25, -0.2) is 14.2 Å². The van der Waals surface area contributed by atoms with Gasteiger partial charge in [0.1, 0.15) is 10.6 Å². The molecule has 0 atom stereocenters. The number of alkyl halides is 3. The van der Waals surface area contributed by atoms with Gasteiger partial charge < -0.3 is 5.32 Å². The summed E-state index contributed by atoms with van der Waals surface area (Å²) in [5.74, 6) is -1.67. The molecule has 0 aliphatic heterocycles. The molecule has 1 aromatic carbocycles. The van der Waals surface area contributed by atoms with E-state index in [-0.39, 0.29) is 38.7 Å². The zero-order valence-corrected chi connectivity index (χ0v) is 17.5. The maximum atomic E-state index is 14.2. The predicted molar refractivity (Wildman–Crippen MR) is 110 cm³/mol. The summed E-state index contributed by atoms with van der Waals surface area (Å²) >= 11 is 1.82. The Morgan fingerprint density at radius 1 is 1.28 bits per heavy atom. The van der Waals surface area contributed by atoms with Crippen LogP contribution in [0.5, 0.6) is 0 Å². The number of amides is 1. The van der Waals surface area contributed by atoms with Crippen LogP contribution in [-0.2, 0) is 24.4 Å². The average Bonchev–Trinajstić information content (AvgIpc) is 3.32. The van der Waals surface area contributed by atoms with Crippen molar-refractivity contribution in [2.24, 2.45) is 7.05 Å². The number of nitrogens with zero attached hydrogens (tertiary/aromatic N) is 3. The number of fused-ring (bicyclic) bond motifs is 1. The Labute approximate surface area is 183 Å². The third-order valence-corrected chi connectivity index (χ3v) is 6.02. The molecule has 4 rings (SSSR count). The first-order valence-corrected chi connectivity index (χ1v) is 10.4.